The average Bonchev–Trinajstić information content (AvgIpc) is 2.86. The normalized spacial score (nSPS) is 14.7. The summed E-state index contributed by atoms with van der Waals surface area (Å²) in [7, 11) is 2.97. The van der Waals surface area contributed by atoms with E-state index in [1.165, 1.54) is 43.4 Å². The standard InChI is InChI=1S/C24H28ClN3O6/c1-33-20-13-12-19(14-21(20)34-2)27(22(29)15-25)23(16-8-10-18(11-9-16)28(31)32)24(30)26-17-6-4-3-5-7-17/h8-14,17,23H,3-7,15H2,1-2H3,(H,26,30). The number of nitro benzene ring substituents is 1. The minimum Gasteiger partial charge on any atom is -0.493 e. The molecule has 3 rings (SSSR count). The molecule has 2 aromatic carbocycles. The van der Waals surface area contributed by atoms with E-state index in [1.807, 2.05) is 0 Å². The number of hydrogen-bond donors (Lipinski definition) is 1. The van der Waals surface area contributed by atoms with Crippen LogP contribution in [-0.4, -0.2) is 42.9 Å². The maximum absolute atomic E-state index is 13.6. The van der Waals surface area contributed by atoms with Crippen molar-refractivity contribution in [2.45, 2.75) is 44.2 Å². The number of anilines is 1. The smallest absolute Gasteiger partial charge is 0.269 e. The first-order chi connectivity index (χ1) is 16.4. The number of hydrogen-bond acceptors (Lipinski definition) is 6. The fourth-order valence-corrected chi connectivity index (χ4v) is 4.33. The molecule has 1 N–H and O–H groups in total. The first kappa shape index (κ1) is 25.3. The maximum Gasteiger partial charge on any atom is 0.269 e. The molecule has 34 heavy (non-hydrogen) atoms. The third kappa shape index (κ3) is 5.77. The summed E-state index contributed by atoms with van der Waals surface area (Å²) >= 11 is 5.96. The van der Waals surface area contributed by atoms with Gasteiger partial charge in [-0.3, -0.25) is 24.6 Å². The van der Waals surface area contributed by atoms with Gasteiger partial charge in [-0.15, -0.1) is 11.6 Å². The number of alkyl halides is 1. The predicted molar refractivity (Wildman–Crippen MR) is 129 cm³/mol. The van der Waals surface area contributed by atoms with Crippen LogP contribution in [0, 0.1) is 10.1 Å². The Morgan fingerprint density at radius 3 is 2.29 bits per heavy atom. The van der Waals surface area contributed by atoms with Gasteiger partial charge in [-0.1, -0.05) is 19.3 Å². The molecule has 0 aromatic heterocycles. The number of rotatable bonds is 9. The number of methoxy groups -OCH3 is 2. The molecule has 0 saturated heterocycles. The van der Waals surface area contributed by atoms with Crippen LogP contribution in [0.2, 0.25) is 0 Å². The van der Waals surface area contributed by atoms with E-state index in [4.69, 9.17) is 21.1 Å². The molecule has 0 spiro atoms. The molecule has 1 saturated carbocycles. The van der Waals surface area contributed by atoms with Crippen LogP contribution < -0.4 is 19.7 Å². The van der Waals surface area contributed by atoms with Crippen molar-refractivity contribution < 1.29 is 24.0 Å². The number of non-ortho nitro benzene ring substituents is 1. The second-order valence-corrected chi connectivity index (χ2v) is 8.30. The summed E-state index contributed by atoms with van der Waals surface area (Å²) in [5, 5.41) is 14.2. The molecule has 1 atom stereocenters. The maximum atomic E-state index is 13.6. The zero-order valence-corrected chi connectivity index (χ0v) is 19.9. The molecular formula is C24H28ClN3O6. The van der Waals surface area contributed by atoms with E-state index in [0.717, 1.165) is 32.1 Å². The molecule has 182 valence electrons. The summed E-state index contributed by atoms with van der Waals surface area (Å²) in [6.45, 7) is 0. The first-order valence-electron chi connectivity index (χ1n) is 11.0. The van der Waals surface area contributed by atoms with Crippen molar-refractivity contribution in [2.24, 2.45) is 0 Å². The van der Waals surface area contributed by atoms with Gasteiger partial charge in [-0.2, -0.15) is 0 Å². The number of halogens is 1. The highest BCUT2D eigenvalue weighted by molar-refractivity contribution is 6.29. The lowest BCUT2D eigenvalue weighted by Crippen LogP contribution is -2.47. The molecule has 9 nitrogen and oxygen atoms in total. The van der Waals surface area contributed by atoms with Gasteiger partial charge in [-0.25, -0.2) is 0 Å². The lowest BCUT2D eigenvalue weighted by atomic mass is 9.94. The molecule has 1 aliphatic carbocycles. The highest BCUT2D eigenvalue weighted by Crippen LogP contribution is 2.36. The van der Waals surface area contributed by atoms with Crippen LogP contribution in [0.5, 0.6) is 11.5 Å². The van der Waals surface area contributed by atoms with E-state index in [-0.39, 0.29) is 23.5 Å². The fraction of sp³-hybridized carbons (Fsp3) is 0.417. The summed E-state index contributed by atoms with van der Waals surface area (Å²) < 4.78 is 10.7. The van der Waals surface area contributed by atoms with Crippen molar-refractivity contribution in [1.29, 1.82) is 0 Å². The lowest BCUT2D eigenvalue weighted by Gasteiger charge is -2.33. The van der Waals surface area contributed by atoms with E-state index in [0.29, 0.717) is 22.7 Å². The summed E-state index contributed by atoms with van der Waals surface area (Å²) in [4.78, 5) is 38.6. The van der Waals surface area contributed by atoms with Gasteiger partial charge < -0.3 is 14.8 Å². The van der Waals surface area contributed by atoms with Crippen LogP contribution >= 0.6 is 11.6 Å². The van der Waals surface area contributed by atoms with E-state index < -0.39 is 16.9 Å². The van der Waals surface area contributed by atoms with E-state index >= 15 is 0 Å². The third-order valence-corrected chi connectivity index (χ3v) is 6.13. The van der Waals surface area contributed by atoms with Crippen molar-refractivity contribution >= 4 is 34.8 Å². The summed E-state index contributed by atoms with van der Waals surface area (Å²) in [6, 6.07) is 9.37. The Morgan fingerprint density at radius 1 is 1.09 bits per heavy atom. The van der Waals surface area contributed by atoms with Gasteiger partial charge in [-0.05, 0) is 42.7 Å². The lowest BCUT2D eigenvalue weighted by molar-refractivity contribution is -0.384. The van der Waals surface area contributed by atoms with Gasteiger partial charge in [0.1, 0.15) is 11.9 Å². The molecule has 0 aliphatic heterocycles. The Morgan fingerprint density at radius 2 is 1.74 bits per heavy atom. The van der Waals surface area contributed by atoms with E-state index in [1.54, 1.807) is 18.2 Å². The van der Waals surface area contributed by atoms with Crippen LogP contribution in [0.15, 0.2) is 42.5 Å². The molecule has 2 amide bonds. The van der Waals surface area contributed by atoms with Gasteiger partial charge in [0.25, 0.3) is 5.69 Å². The van der Waals surface area contributed by atoms with Crippen molar-refractivity contribution in [2.75, 3.05) is 25.0 Å². The number of nitrogens with zero attached hydrogens (tertiary/aromatic N) is 2. The number of amides is 2. The van der Waals surface area contributed by atoms with Crippen molar-refractivity contribution in [3.8, 4) is 11.5 Å². The Bertz CT molecular complexity index is 1020. The molecule has 1 fully saturated rings. The minimum atomic E-state index is -1.09. The average molecular weight is 490 g/mol. The molecule has 0 bridgehead atoms. The SMILES string of the molecule is COc1ccc(N(C(=O)CCl)C(C(=O)NC2CCCCC2)c2ccc([N+](=O)[O-])cc2)cc1OC. The zero-order chi connectivity index (χ0) is 24.7. The Kier molecular flexibility index (Phi) is 8.70. The molecule has 10 heteroatoms. The molecule has 1 aliphatic rings. The number of carbonyl (C=O) groups excluding carboxylic acids is 2. The highest BCUT2D eigenvalue weighted by Gasteiger charge is 2.34. The second kappa shape index (κ2) is 11.7. The van der Waals surface area contributed by atoms with E-state index in [9.17, 15) is 19.7 Å². The van der Waals surface area contributed by atoms with Crippen LogP contribution in [0.1, 0.15) is 43.7 Å². The van der Waals surface area contributed by atoms with Gasteiger partial charge in [0.15, 0.2) is 11.5 Å². The van der Waals surface area contributed by atoms with Crippen LogP contribution in [-0.2, 0) is 9.59 Å². The topological polar surface area (TPSA) is 111 Å². The zero-order valence-electron chi connectivity index (χ0n) is 19.2. The van der Waals surface area contributed by atoms with Crippen LogP contribution in [0.3, 0.4) is 0 Å². The molecule has 2 aromatic rings. The van der Waals surface area contributed by atoms with Gasteiger partial charge in [0, 0.05) is 29.9 Å². The molecule has 0 radical (unpaired) electrons. The molecule has 1 unspecified atom stereocenters. The number of carbonyl (C=O) groups is 2. The third-order valence-electron chi connectivity index (χ3n) is 5.91. The van der Waals surface area contributed by atoms with Crippen molar-refractivity contribution in [1.82, 2.24) is 5.32 Å². The molecular weight excluding hydrogens is 462 g/mol. The van der Waals surface area contributed by atoms with Crippen LogP contribution in [0.25, 0.3) is 0 Å². The van der Waals surface area contributed by atoms with Crippen molar-refractivity contribution in [3.05, 3.63) is 58.1 Å². The van der Waals surface area contributed by atoms with Crippen molar-refractivity contribution in [3.63, 3.8) is 0 Å². The summed E-state index contributed by atoms with van der Waals surface area (Å²) in [5.74, 6) is -0.412. The summed E-state index contributed by atoms with van der Waals surface area (Å²) in [6.07, 6.45) is 4.89. The first-order valence-corrected chi connectivity index (χ1v) is 11.6. The number of nitro groups is 1. The quantitative estimate of drug-likeness (QED) is 0.318. The largest absolute Gasteiger partial charge is 0.493 e. The minimum absolute atomic E-state index is 0.000144. The number of nitrogens with one attached hydrogen (secondary N) is 1. The van der Waals surface area contributed by atoms with Crippen LogP contribution in [0.4, 0.5) is 11.4 Å². The van der Waals surface area contributed by atoms with Gasteiger partial charge in [0.2, 0.25) is 11.8 Å². The monoisotopic (exact) mass is 489 g/mol. The van der Waals surface area contributed by atoms with Gasteiger partial charge >= 0.3 is 0 Å². The highest BCUT2D eigenvalue weighted by atomic mass is 35.5. The fourth-order valence-electron chi connectivity index (χ4n) is 4.20. The Balaban J connectivity index is 2.08. The number of ether oxygens (including phenoxy) is 2. The summed E-state index contributed by atoms with van der Waals surface area (Å²) in [5.41, 5.74) is 0.689. The second-order valence-electron chi connectivity index (χ2n) is 8.03. The Labute approximate surface area is 203 Å². The predicted octanol–water partition coefficient (Wildman–Crippen LogP) is 4.37. The number of benzene rings is 2. The Hall–Kier alpha value is -3.33. The van der Waals surface area contributed by atoms with Gasteiger partial charge in [0.05, 0.1) is 19.1 Å². The van der Waals surface area contributed by atoms with E-state index in [2.05, 4.69) is 5.32 Å². The molecule has 0 heterocycles.